The number of benzene rings is 1. The van der Waals surface area contributed by atoms with Crippen molar-refractivity contribution in [3.63, 3.8) is 0 Å². The van der Waals surface area contributed by atoms with Crippen LogP contribution in [0.2, 0.25) is 0 Å². The Morgan fingerprint density at radius 1 is 1.24 bits per heavy atom. The molecule has 33 heavy (non-hydrogen) atoms. The highest BCUT2D eigenvalue weighted by Crippen LogP contribution is 2.28. The van der Waals surface area contributed by atoms with Crippen LogP contribution in [0.1, 0.15) is 30.0 Å². The van der Waals surface area contributed by atoms with E-state index in [2.05, 4.69) is 25.5 Å². The normalized spacial score (nSPS) is 16.2. The second-order valence-corrected chi connectivity index (χ2v) is 7.76. The lowest BCUT2D eigenvalue weighted by Crippen LogP contribution is -2.38. The quantitative estimate of drug-likeness (QED) is 0.600. The van der Waals surface area contributed by atoms with Crippen LogP contribution in [0.15, 0.2) is 27.8 Å². The maximum absolute atomic E-state index is 14.0. The molecule has 1 saturated heterocycles. The minimum absolute atomic E-state index is 0. The van der Waals surface area contributed by atoms with Crippen LogP contribution in [-0.2, 0) is 17.6 Å². The highest BCUT2D eigenvalue weighted by Gasteiger charge is 2.31. The molecule has 12 heteroatoms. The molecule has 0 saturated carbocycles. The van der Waals surface area contributed by atoms with Crippen molar-refractivity contribution >= 4 is 24.1 Å². The Morgan fingerprint density at radius 2 is 1.97 bits per heavy atom. The molecule has 1 fully saturated rings. The first-order chi connectivity index (χ1) is 15.5. The fraction of sp³-hybridized carbons (Fsp3) is 0.381. The molecule has 1 amide bonds. The predicted octanol–water partition coefficient (Wildman–Crippen LogP) is 2.56. The summed E-state index contributed by atoms with van der Waals surface area (Å²) >= 11 is 0. The van der Waals surface area contributed by atoms with E-state index in [9.17, 15) is 13.6 Å². The number of ether oxygens (including phenoxy) is 1. The molecular formula is C21H21ClF2N6O3. The Morgan fingerprint density at radius 3 is 2.67 bits per heavy atom. The minimum atomic E-state index is -0.809. The monoisotopic (exact) mass is 478 g/mol. The largest absolute Gasteiger partial charge is 0.491 e. The molecule has 1 aromatic carbocycles. The van der Waals surface area contributed by atoms with Crippen LogP contribution in [0, 0.1) is 17.6 Å². The van der Waals surface area contributed by atoms with E-state index in [0.717, 1.165) is 38.1 Å². The summed E-state index contributed by atoms with van der Waals surface area (Å²) in [4.78, 5) is 20.9. The van der Waals surface area contributed by atoms with Crippen molar-refractivity contribution in [2.45, 2.75) is 25.7 Å². The number of nitrogens with zero attached hydrogens (tertiary/aromatic N) is 5. The lowest BCUT2D eigenvalue weighted by Gasteiger charge is -2.26. The number of hydrogen-bond donors (Lipinski definition) is 1. The molecule has 5 rings (SSSR count). The van der Waals surface area contributed by atoms with E-state index in [4.69, 9.17) is 9.26 Å². The van der Waals surface area contributed by atoms with Crippen molar-refractivity contribution in [3.05, 3.63) is 47.1 Å². The van der Waals surface area contributed by atoms with Crippen molar-refractivity contribution < 1.29 is 22.8 Å². The zero-order chi connectivity index (χ0) is 22.2. The summed E-state index contributed by atoms with van der Waals surface area (Å²) in [6.07, 6.45) is 3.47. The summed E-state index contributed by atoms with van der Waals surface area (Å²) < 4.78 is 39.6. The molecule has 9 nitrogen and oxygen atoms in total. The molecular weight excluding hydrogens is 458 g/mol. The summed E-state index contributed by atoms with van der Waals surface area (Å²) in [5.41, 5.74) is 1.55. The number of methoxy groups -OCH3 is 1. The molecule has 0 atom stereocenters. The van der Waals surface area contributed by atoms with Crippen LogP contribution in [0.3, 0.4) is 0 Å². The smallest absolute Gasteiger partial charge is 0.253 e. The molecule has 0 bridgehead atoms. The van der Waals surface area contributed by atoms with E-state index in [-0.39, 0.29) is 48.8 Å². The Labute approximate surface area is 193 Å². The summed E-state index contributed by atoms with van der Waals surface area (Å²) in [7, 11) is 1.20. The second-order valence-electron chi connectivity index (χ2n) is 7.76. The molecule has 3 aromatic rings. The number of aromatic nitrogens is 4. The van der Waals surface area contributed by atoms with Crippen molar-refractivity contribution in [2.24, 2.45) is 10.9 Å². The van der Waals surface area contributed by atoms with Gasteiger partial charge in [0.25, 0.3) is 5.91 Å². The Kier molecular flexibility index (Phi) is 6.52. The highest BCUT2D eigenvalue weighted by atomic mass is 35.5. The third-order valence-electron chi connectivity index (χ3n) is 5.67. The van der Waals surface area contributed by atoms with Crippen molar-refractivity contribution in [1.29, 1.82) is 0 Å². The molecule has 2 aromatic heterocycles. The molecule has 0 aliphatic carbocycles. The maximum Gasteiger partial charge on any atom is 0.253 e. The third-order valence-corrected chi connectivity index (χ3v) is 5.67. The zero-order valence-electron chi connectivity index (χ0n) is 17.7. The maximum atomic E-state index is 14.0. The molecule has 2 aliphatic heterocycles. The fourth-order valence-electron chi connectivity index (χ4n) is 4.15. The van der Waals surface area contributed by atoms with Crippen LogP contribution in [-0.4, -0.2) is 51.9 Å². The van der Waals surface area contributed by atoms with Gasteiger partial charge in [-0.25, -0.2) is 13.5 Å². The topological polar surface area (TPSA) is 107 Å². The van der Waals surface area contributed by atoms with Gasteiger partial charge in [0.1, 0.15) is 5.84 Å². The third kappa shape index (κ3) is 4.38. The Bertz CT molecular complexity index is 1200. The number of nitrogens with one attached hydrogen (secondary N) is 1. The predicted molar refractivity (Wildman–Crippen MR) is 116 cm³/mol. The molecule has 2 aliphatic rings. The average molecular weight is 479 g/mol. The van der Waals surface area contributed by atoms with E-state index >= 15 is 0 Å². The van der Waals surface area contributed by atoms with Gasteiger partial charge in [-0.2, -0.15) is 15.1 Å². The van der Waals surface area contributed by atoms with Crippen molar-refractivity contribution in [1.82, 2.24) is 25.2 Å². The highest BCUT2D eigenvalue weighted by molar-refractivity contribution is 6.01. The first kappa shape index (κ1) is 23.0. The second kappa shape index (κ2) is 9.36. The zero-order valence-corrected chi connectivity index (χ0v) is 18.5. The summed E-state index contributed by atoms with van der Waals surface area (Å²) in [5, 5.41) is 11.7. The first-order valence-electron chi connectivity index (χ1n) is 10.3. The number of rotatable bonds is 5. The number of fused-ring (bicyclic) bond motifs is 1. The Balaban J connectivity index is 0.00000259. The fourth-order valence-corrected chi connectivity index (χ4v) is 4.15. The molecule has 0 radical (unpaired) electrons. The van der Waals surface area contributed by atoms with Crippen LogP contribution < -0.4 is 10.1 Å². The number of carbonyl (C=O) groups is 1. The van der Waals surface area contributed by atoms with E-state index in [0.29, 0.717) is 22.7 Å². The number of amides is 1. The van der Waals surface area contributed by atoms with Crippen molar-refractivity contribution in [2.75, 3.05) is 20.2 Å². The van der Waals surface area contributed by atoms with Gasteiger partial charge in [0, 0.05) is 5.92 Å². The minimum Gasteiger partial charge on any atom is -0.491 e. The lowest BCUT2D eigenvalue weighted by molar-refractivity contribution is -0.117. The summed E-state index contributed by atoms with van der Waals surface area (Å²) in [6, 6.07) is 2.32. The molecule has 4 heterocycles. The van der Waals surface area contributed by atoms with E-state index in [1.54, 1.807) is 10.9 Å². The number of aliphatic imine (C=N–C) groups is 1. The van der Waals surface area contributed by atoms with E-state index in [1.165, 1.54) is 7.11 Å². The van der Waals surface area contributed by atoms with Gasteiger partial charge < -0.3 is 14.6 Å². The van der Waals surface area contributed by atoms with Gasteiger partial charge >= 0.3 is 0 Å². The molecule has 0 spiro atoms. The van der Waals surface area contributed by atoms with Gasteiger partial charge in [-0.05, 0) is 43.6 Å². The first-order valence-corrected chi connectivity index (χ1v) is 10.3. The number of hydrogen-bond acceptors (Lipinski definition) is 7. The number of carbonyl (C=O) groups excluding carboxylic acids is 1. The standard InChI is InChI=1S/C21H20F2N6O3.ClH/c1-31-19-14(22)6-11(7-15(19)23)8-18-27-20(28-32-18)13-10-25-29-16(13)9-17(30)26-21(29)12-2-4-24-5-3-12;/h6-7,10,12,24H,2-5,8-9H2,1H3;1H. The summed E-state index contributed by atoms with van der Waals surface area (Å²) in [6.45, 7) is 1.73. The van der Waals surface area contributed by atoms with Crippen LogP contribution >= 0.6 is 12.4 Å². The van der Waals surface area contributed by atoms with Crippen LogP contribution in [0.25, 0.3) is 11.4 Å². The molecule has 174 valence electrons. The molecule has 1 N–H and O–H groups in total. The van der Waals surface area contributed by atoms with Gasteiger partial charge in [-0.15, -0.1) is 12.4 Å². The lowest BCUT2D eigenvalue weighted by atomic mass is 9.95. The van der Waals surface area contributed by atoms with E-state index < -0.39 is 17.4 Å². The number of piperidine rings is 1. The van der Waals surface area contributed by atoms with Gasteiger partial charge in [0.15, 0.2) is 17.4 Å². The number of halogens is 3. The van der Waals surface area contributed by atoms with Gasteiger partial charge in [-0.3, -0.25) is 4.79 Å². The Hall–Kier alpha value is -3.18. The van der Waals surface area contributed by atoms with E-state index in [1.807, 2.05) is 0 Å². The SMILES string of the molecule is COc1c(F)cc(Cc2nc(-c3cnn4c3CC(=O)N=C4C3CCNCC3)no2)cc1F.Cl. The van der Waals surface area contributed by atoms with Crippen LogP contribution in [0.5, 0.6) is 5.75 Å². The van der Waals surface area contributed by atoms with Gasteiger partial charge in [-0.1, -0.05) is 5.16 Å². The van der Waals surface area contributed by atoms with Gasteiger partial charge in [0.2, 0.25) is 11.7 Å². The van der Waals surface area contributed by atoms with Crippen molar-refractivity contribution in [3.8, 4) is 17.1 Å². The average Bonchev–Trinajstić information content (AvgIpc) is 3.40. The van der Waals surface area contributed by atoms with Crippen LogP contribution in [0.4, 0.5) is 8.78 Å². The summed E-state index contributed by atoms with van der Waals surface area (Å²) in [5.74, 6) is -1.06. The molecule has 0 unspecified atom stereocenters. The van der Waals surface area contributed by atoms with Gasteiger partial charge in [0.05, 0.1) is 37.4 Å².